The van der Waals surface area contributed by atoms with E-state index >= 15 is 0 Å². The molecule has 0 saturated heterocycles. The maximum absolute atomic E-state index is 12.8. The van der Waals surface area contributed by atoms with Gasteiger partial charge >= 0.3 is 0 Å². The SMILES string of the molecule is Bc1ccc(CN2Cc3cncn3C(C(C)C)C2=O)cc1. The van der Waals surface area contributed by atoms with E-state index in [2.05, 4.69) is 50.9 Å². The Balaban J connectivity index is 1.87. The number of nitrogens with zero attached hydrogens (tertiary/aromatic N) is 3. The van der Waals surface area contributed by atoms with Crippen LogP contribution in [0.15, 0.2) is 36.8 Å². The molecule has 1 aliphatic rings. The van der Waals surface area contributed by atoms with Crippen LogP contribution in [0, 0.1) is 5.92 Å². The summed E-state index contributed by atoms with van der Waals surface area (Å²) in [6.07, 6.45) is 3.64. The molecule has 1 aromatic carbocycles. The molecular weight excluding hydrogens is 261 g/mol. The Morgan fingerprint density at radius 3 is 2.71 bits per heavy atom. The average Bonchev–Trinajstić information content (AvgIpc) is 2.89. The third kappa shape index (κ3) is 2.60. The van der Waals surface area contributed by atoms with Crippen molar-refractivity contribution in [3.8, 4) is 0 Å². The number of aromatic nitrogens is 2. The molecule has 0 saturated carbocycles. The zero-order valence-electron chi connectivity index (χ0n) is 12.8. The smallest absolute Gasteiger partial charge is 0.246 e. The number of fused-ring (bicyclic) bond motifs is 1. The molecule has 0 fully saturated rings. The molecule has 1 atom stereocenters. The van der Waals surface area contributed by atoms with Crippen molar-refractivity contribution in [2.75, 3.05) is 0 Å². The lowest BCUT2D eigenvalue weighted by Crippen LogP contribution is -2.43. The second kappa shape index (κ2) is 5.39. The molecule has 5 heteroatoms. The van der Waals surface area contributed by atoms with Gasteiger partial charge in [0, 0.05) is 12.7 Å². The van der Waals surface area contributed by atoms with E-state index < -0.39 is 0 Å². The minimum absolute atomic E-state index is 0.137. The van der Waals surface area contributed by atoms with Crippen molar-refractivity contribution in [2.24, 2.45) is 5.92 Å². The van der Waals surface area contributed by atoms with Crippen molar-refractivity contribution in [2.45, 2.75) is 33.0 Å². The summed E-state index contributed by atoms with van der Waals surface area (Å²) in [6, 6.07) is 8.24. The molecule has 0 spiro atoms. The van der Waals surface area contributed by atoms with Gasteiger partial charge in [0.2, 0.25) is 5.91 Å². The molecule has 1 aliphatic heterocycles. The van der Waals surface area contributed by atoms with Gasteiger partial charge in [-0.25, -0.2) is 4.98 Å². The molecule has 0 aliphatic carbocycles. The van der Waals surface area contributed by atoms with E-state index in [0.29, 0.717) is 13.1 Å². The van der Waals surface area contributed by atoms with Gasteiger partial charge in [0.25, 0.3) is 0 Å². The van der Waals surface area contributed by atoms with Crippen LogP contribution in [-0.4, -0.2) is 28.2 Å². The van der Waals surface area contributed by atoms with Gasteiger partial charge in [-0.05, 0) is 11.5 Å². The van der Waals surface area contributed by atoms with Gasteiger partial charge < -0.3 is 9.47 Å². The molecule has 2 aromatic rings. The standard InChI is InChI=1S/C16H20BN3O/c1-11(2)15-16(21)19(9-14-7-18-10-20(14)15)8-12-3-5-13(17)6-4-12/h3-7,10-11,15H,8-9,17H2,1-2H3. The molecule has 21 heavy (non-hydrogen) atoms. The number of hydrogen-bond acceptors (Lipinski definition) is 2. The van der Waals surface area contributed by atoms with Crippen LogP contribution in [0.2, 0.25) is 0 Å². The molecular formula is C16H20BN3O. The first kappa shape index (κ1) is 13.9. The quantitative estimate of drug-likeness (QED) is 0.783. The molecule has 1 amide bonds. The third-order valence-electron chi connectivity index (χ3n) is 4.09. The molecule has 108 valence electrons. The van der Waals surface area contributed by atoms with E-state index in [1.807, 2.05) is 15.7 Å². The van der Waals surface area contributed by atoms with E-state index in [0.717, 1.165) is 5.69 Å². The third-order valence-corrected chi connectivity index (χ3v) is 4.09. The summed E-state index contributed by atoms with van der Waals surface area (Å²) in [5.74, 6) is 0.447. The first-order valence-corrected chi connectivity index (χ1v) is 7.41. The van der Waals surface area contributed by atoms with Crippen LogP contribution in [0.1, 0.15) is 31.1 Å². The van der Waals surface area contributed by atoms with E-state index in [-0.39, 0.29) is 17.9 Å². The largest absolute Gasteiger partial charge is 0.331 e. The van der Waals surface area contributed by atoms with Crippen LogP contribution < -0.4 is 5.46 Å². The number of rotatable bonds is 3. The molecule has 1 aromatic heterocycles. The highest BCUT2D eigenvalue weighted by molar-refractivity contribution is 6.32. The first-order valence-electron chi connectivity index (χ1n) is 7.41. The molecule has 0 N–H and O–H groups in total. The topological polar surface area (TPSA) is 38.1 Å². The monoisotopic (exact) mass is 281 g/mol. The Morgan fingerprint density at radius 2 is 2.05 bits per heavy atom. The highest BCUT2D eigenvalue weighted by Gasteiger charge is 2.34. The Morgan fingerprint density at radius 1 is 1.33 bits per heavy atom. The Hall–Kier alpha value is -2.04. The zero-order chi connectivity index (χ0) is 15.0. The van der Waals surface area contributed by atoms with Crippen LogP contribution in [0.4, 0.5) is 0 Å². The Bertz CT molecular complexity index is 648. The van der Waals surface area contributed by atoms with Crippen LogP contribution in [0.25, 0.3) is 0 Å². The fourth-order valence-corrected chi connectivity index (χ4v) is 2.94. The molecule has 0 bridgehead atoms. The van der Waals surface area contributed by atoms with E-state index in [1.54, 1.807) is 6.33 Å². The average molecular weight is 281 g/mol. The number of imidazole rings is 1. The predicted octanol–water partition coefficient (Wildman–Crippen LogP) is 0.881. The highest BCUT2D eigenvalue weighted by Crippen LogP contribution is 2.28. The van der Waals surface area contributed by atoms with Gasteiger partial charge in [0.15, 0.2) is 0 Å². The summed E-state index contributed by atoms with van der Waals surface area (Å²) < 4.78 is 2.03. The van der Waals surface area contributed by atoms with Gasteiger partial charge in [-0.3, -0.25) is 4.79 Å². The number of hydrogen-bond donors (Lipinski definition) is 0. The second-order valence-electron chi connectivity index (χ2n) is 6.16. The van der Waals surface area contributed by atoms with Crippen molar-refractivity contribution < 1.29 is 4.79 Å². The molecule has 3 rings (SSSR count). The Kier molecular flexibility index (Phi) is 3.58. The molecule has 2 heterocycles. The van der Waals surface area contributed by atoms with Gasteiger partial charge in [0.1, 0.15) is 13.9 Å². The van der Waals surface area contributed by atoms with Gasteiger partial charge in [-0.15, -0.1) is 0 Å². The molecule has 0 radical (unpaired) electrons. The maximum Gasteiger partial charge on any atom is 0.246 e. The highest BCUT2D eigenvalue weighted by atomic mass is 16.2. The number of carbonyl (C=O) groups excluding carboxylic acids is 1. The van der Waals surface area contributed by atoms with E-state index in [1.165, 1.54) is 11.0 Å². The Labute approximate surface area is 126 Å². The van der Waals surface area contributed by atoms with Gasteiger partial charge in [-0.2, -0.15) is 0 Å². The van der Waals surface area contributed by atoms with Crippen molar-refractivity contribution in [1.29, 1.82) is 0 Å². The number of carbonyl (C=O) groups is 1. The fourth-order valence-electron chi connectivity index (χ4n) is 2.94. The summed E-state index contributed by atoms with van der Waals surface area (Å²) in [6.45, 7) is 5.47. The van der Waals surface area contributed by atoms with Crippen molar-refractivity contribution in [3.63, 3.8) is 0 Å². The lowest BCUT2D eigenvalue weighted by Gasteiger charge is -2.35. The van der Waals surface area contributed by atoms with Crippen molar-refractivity contribution in [3.05, 3.63) is 48.0 Å². The van der Waals surface area contributed by atoms with Gasteiger partial charge in [-0.1, -0.05) is 43.6 Å². The minimum atomic E-state index is -0.137. The van der Waals surface area contributed by atoms with Crippen LogP contribution in [0.3, 0.4) is 0 Å². The second-order valence-corrected chi connectivity index (χ2v) is 6.16. The molecule has 1 unspecified atom stereocenters. The number of benzene rings is 1. The summed E-state index contributed by atoms with van der Waals surface area (Å²) >= 11 is 0. The normalized spacial score (nSPS) is 18.1. The summed E-state index contributed by atoms with van der Waals surface area (Å²) in [5, 5.41) is 0. The molecule has 4 nitrogen and oxygen atoms in total. The minimum Gasteiger partial charge on any atom is -0.331 e. The fraction of sp³-hybridized carbons (Fsp3) is 0.375. The van der Waals surface area contributed by atoms with Crippen molar-refractivity contribution in [1.82, 2.24) is 14.5 Å². The van der Waals surface area contributed by atoms with Crippen LogP contribution in [-0.2, 0) is 17.9 Å². The van der Waals surface area contributed by atoms with E-state index in [4.69, 9.17) is 0 Å². The maximum atomic E-state index is 12.8. The summed E-state index contributed by atoms with van der Waals surface area (Å²) in [4.78, 5) is 18.9. The summed E-state index contributed by atoms with van der Waals surface area (Å²) in [5.41, 5.74) is 3.52. The van der Waals surface area contributed by atoms with Crippen molar-refractivity contribution >= 4 is 19.2 Å². The zero-order valence-corrected chi connectivity index (χ0v) is 12.8. The predicted molar refractivity (Wildman–Crippen MR) is 85.0 cm³/mol. The van der Waals surface area contributed by atoms with Crippen LogP contribution >= 0.6 is 0 Å². The van der Waals surface area contributed by atoms with E-state index in [9.17, 15) is 4.79 Å². The lowest BCUT2D eigenvalue weighted by molar-refractivity contribution is -0.139. The van der Waals surface area contributed by atoms with Crippen LogP contribution in [0.5, 0.6) is 0 Å². The summed E-state index contributed by atoms with van der Waals surface area (Å²) in [7, 11) is 2.07. The number of amides is 1. The lowest BCUT2D eigenvalue weighted by atomic mass is 9.95. The first-order chi connectivity index (χ1) is 10.1. The van der Waals surface area contributed by atoms with Gasteiger partial charge in [0.05, 0.1) is 18.6 Å².